The number of thiocarbonyl (C=S) groups is 1. The van der Waals surface area contributed by atoms with Gasteiger partial charge in [0, 0.05) is 25.2 Å². The fourth-order valence-electron chi connectivity index (χ4n) is 4.66. The van der Waals surface area contributed by atoms with Crippen molar-refractivity contribution in [3.05, 3.63) is 35.9 Å². The van der Waals surface area contributed by atoms with Crippen LogP contribution in [-0.2, 0) is 0 Å². The van der Waals surface area contributed by atoms with Gasteiger partial charge in [-0.2, -0.15) is 0 Å². The highest BCUT2D eigenvalue weighted by atomic mass is 32.1. The summed E-state index contributed by atoms with van der Waals surface area (Å²) >= 11 is 5.65. The molecule has 2 saturated carbocycles. The summed E-state index contributed by atoms with van der Waals surface area (Å²) in [7, 11) is 0. The van der Waals surface area contributed by atoms with Crippen molar-refractivity contribution in [3.63, 3.8) is 0 Å². The molecular formula is C20H29N3S. The number of fused-ring (bicyclic) bond motifs is 2. The normalized spacial score (nSPS) is 31.3. The lowest BCUT2D eigenvalue weighted by atomic mass is 9.73. The van der Waals surface area contributed by atoms with E-state index in [0.717, 1.165) is 23.0 Å². The second-order valence-electron chi connectivity index (χ2n) is 7.91. The first-order valence-electron chi connectivity index (χ1n) is 9.56. The second-order valence-corrected chi connectivity index (χ2v) is 8.32. The van der Waals surface area contributed by atoms with Crippen molar-refractivity contribution in [2.75, 3.05) is 13.1 Å². The maximum absolute atomic E-state index is 5.65. The Morgan fingerprint density at radius 1 is 1.08 bits per heavy atom. The van der Waals surface area contributed by atoms with E-state index >= 15 is 0 Å². The SMILES string of the molecule is C[C@@H](NC(=S)NC1[C@H]2CCC[C@H]1CN(C1CC1)C2)c1ccccc1. The molecule has 2 bridgehead atoms. The lowest BCUT2D eigenvalue weighted by Crippen LogP contribution is -2.59. The maximum Gasteiger partial charge on any atom is 0.167 e. The molecule has 3 aliphatic rings. The fraction of sp³-hybridized carbons (Fsp3) is 0.650. The van der Waals surface area contributed by atoms with E-state index in [9.17, 15) is 0 Å². The van der Waals surface area contributed by atoms with E-state index in [0.29, 0.717) is 6.04 Å². The quantitative estimate of drug-likeness (QED) is 0.819. The van der Waals surface area contributed by atoms with E-state index in [4.69, 9.17) is 12.2 Å². The van der Waals surface area contributed by atoms with E-state index in [2.05, 4.69) is 52.8 Å². The number of rotatable bonds is 4. The summed E-state index contributed by atoms with van der Waals surface area (Å²) in [4.78, 5) is 2.76. The van der Waals surface area contributed by atoms with Gasteiger partial charge >= 0.3 is 0 Å². The molecular weight excluding hydrogens is 314 g/mol. The monoisotopic (exact) mass is 343 g/mol. The zero-order chi connectivity index (χ0) is 16.5. The van der Waals surface area contributed by atoms with Crippen LogP contribution in [0.5, 0.6) is 0 Å². The number of nitrogens with zero attached hydrogens (tertiary/aromatic N) is 1. The third kappa shape index (κ3) is 3.60. The van der Waals surface area contributed by atoms with Crippen molar-refractivity contribution in [3.8, 4) is 0 Å². The van der Waals surface area contributed by atoms with Gasteiger partial charge in [-0.15, -0.1) is 0 Å². The molecule has 3 atom stereocenters. The first-order chi connectivity index (χ1) is 11.7. The Kier molecular flexibility index (Phi) is 4.77. The van der Waals surface area contributed by atoms with E-state index in [1.807, 2.05) is 0 Å². The van der Waals surface area contributed by atoms with Crippen LogP contribution in [0.3, 0.4) is 0 Å². The molecule has 24 heavy (non-hydrogen) atoms. The highest BCUT2D eigenvalue weighted by Gasteiger charge is 2.43. The van der Waals surface area contributed by atoms with Gasteiger partial charge in [-0.05, 0) is 62.2 Å². The van der Waals surface area contributed by atoms with Crippen LogP contribution in [0.25, 0.3) is 0 Å². The molecule has 4 rings (SSSR count). The first kappa shape index (κ1) is 16.3. The predicted molar refractivity (Wildman–Crippen MR) is 103 cm³/mol. The van der Waals surface area contributed by atoms with Crippen molar-refractivity contribution < 1.29 is 0 Å². The second kappa shape index (κ2) is 7.01. The number of likely N-dealkylation sites (tertiary alicyclic amines) is 1. The van der Waals surface area contributed by atoms with Crippen LogP contribution >= 0.6 is 12.2 Å². The van der Waals surface area contributed by atoms with Crippen LogP contribution in [0.2, 0.25) is 0 Å². The van der Waals surface area contributed by atoms with E-state index in [1.165, 1.54) is 50.8 Å². The Morgan fingerprint density at radius 2 is 1.75 bits per heavy atom. The van der Waals surface area contributed by atoms with E-state index in [1.54, 1.807) is 0 Å². The van der Waals surface area contributed by atoms with Crippen LogP contribution < -0.4 is 10.6 Å². The molecule has 3 nitrogen and oxygen atoms in total. The molecule has 1 heterocycles. The highest BCUT2D eigenvalue weighted by Crippen LogP contribution is 2.39. The van der Waals surface area contributed by atoms with Crippen molar-refractivity contribution in [1.82, 2.24) is 15.5 Å². The lowest BCUT2D eigenvalue weighted by molar-refractivity contribution is 0.0501. The van der Waals surface area contributed by atoms with Gasteiger partial charge in [0.2, 0.25) is 0 Å². The van der Waals surface area contributed by atoms with Crippen molar-refractivity contribution in [2.24, 2.45) is 11.8 Å². The molecule has 4 heteroatoms. The fourth-order valence-corrected chi connectivity index (χ4v) is 4.97. The Labute approximate surface area is 151 Å². The maximum atomic E-state index is 5.65. The number of nitrogens with one attached hydrogen (secondary N) is 2. The first-order valence-corrected chi connectivity index (χ1v) is 9.97. The molecule has 2 N–H and O–H groups in total. The summed E-state index contributed by atoms with van der Waals surface area (Å²) in [5.41, 5.74) is 1.28. The molecule has 130 valence electrons. The van der Waals surface area contributed by atoms with Gasteiger partial charge in [0.05, 0.1) is 6.04 Å². The average Bonchev–Trinajstić information content (AvgIpc) is 3.40. The summed E-state index contributed by atoms with van der Waals surface area (Å²) in [5, 5.41) is 8.01. The van der Waals surface area contributed by atoms with Crippen molar-refractivity contribution in [2.45, 2.75) is 57.2 Å². The standard InChI is InChI=1S/C20H29N3S/c1-14(15-6-3-2-4-7-15)21-20(24)22-19-16-8-5-9-17(19)13-23(12-16)18-10-11-18/h2-4,6-7,14,16-19H,5,8-13H2,1H3,(H2,21,22,24)/t14-,16+,17+/m1/s1. The van der Waals surface area contributed by atoms with Crippen LogP contribution in [0.4, 0.5) is 0 Å². The number of hydrogen-bond donors (Lipinski definition) is 2. The molecule has 1 aliphatic heterocycles. The number of hydrogen-bond acceptors (Lipinski definition) is 2. The summed E-state index contributed by atoms with van der Waals surface area (Å²) < 4.78 is 0. The van der Waals surface area contributed by atoms with Crippen LogP contribution in [-0.4, -0.2) is 35.2 Å². The van der Waals surface area contributed by atoms with Gasteiger partial charge in [-0.1, -0.05) is 36.8 Å². The third-order valence-electron chi connectivity index (χ3n) is 6.11. The van der Waals surface area contributed by atoms with E-state index in [-0.39, 0.29) is 6.04 Å². The molecule has 1 aromatic rings. The summed E-state index contributed by atoms with van der Waals surface area (Å²) in [5.74, 6) is 1.54. The minimum absolute atomic E-state index is 0.248. The Hall–Kier alpha value is -1.13. The van der Waals surface area contributed by atoms with E-state index < -0.39 is 0 Å². The molecule has 2 aliphatic carbocycles. The predicted octanol–water partition coefficient (Wildman–Crippen LogP) is 3.47. The lowest BCUT2D eigenvalue weighted by Gasteiger charge is -2.48. The smallest absolute Gasteiger partial charge is 0.167 e. The van der Waals surface area contributed by atoms with Crippen molar-refractivity contribution >= 4 is 17.3 Å². The van der Waals surface area contributed by atoms with Gasteiger partial charge in [0.15, 0.2) is 5.11 Å². The summed E-state index contributed by atoms with van der Waals surface area (Å²) in [6.07, 6.45) is 6.95. The van der Waals surface area contributed by atoms with Crippen LogP contribution in [0, 0.1) is 11.8 Å². The third-order valence-corrected chi connectivity index (χ3v) is 6.35. The highest BCUT2D eigenvalue weighted by molar-refractivity contribution is 7.80. The molecule has 0 amide bonds. The van der Waals surface area contributed by atoms with Gasteiger partial charge in [-0.25, -0.2) is 0 Å². The molecule has 0 spiro atoms. The zero-order valence-corrected chi connectivity index (χ0v) is 15.4. The van der Waals surface area contributed by atoms with Crippen LogP contribution in [0.15, 0.2) is 30.3 Å². The van der Waals surface area contributed by atoms with Gasteiger partial charge in [0.1, 0.15) is 0 Å². The molecule has 0 aromatic heterocycles. The molecule has 1 saturated heterocycles. The van der Waals surface area contributed by atoms with Crippen molar-refractivity contribution in [1.29, 1.82) is 0 Å². The topological polar surface area (TPSA) is 27.3 Å². The minimum atomic E-state index is 0.248. The Morgan fingerprint density at radius 3 is 2.38 bits per heavy atom. The van der Waals surface area contributed by atoms with Crippen LogP contribution in [0.1, 0.15) is 50.6 Å². The molecule has 0 radical (unpaired) electrons. The van der Waals surface area contributed by atoms with Gasteiger partial charge < -0.3 is 10.6 Å². The Bertz CT molecular complexity index is 558. The van der Waals surface area contributed by atoms with Gasteiger partial charge in [0.25, 0.3) is 0 Å². The number of piperidine rings is 1. The molecule has 0 unspecified atom stereocenters. The zero-order valence-electron chi connectivity index (χ0n) is 14.6. The summed E-state index contributed by atoms with van der Waals surface area (Å²) in [6.45, 7) is 4.73. The molecule has 3 fully saturated rings. The van der Waals surface area contributed by atoms with Gasteiger partial charge in [-0.3, -0.25) is 4.90 Å². The minimum Gasteiger partial charge on any atom is -0.359 e. The largest absolute Gasteiger partial charge is 0.359 e. The number of benzene rings is 1. The molecule has 1 aromatic carbocycles. The summed E-state index contributed by atoms with van der Waals surface area (Å²) in [6, 6.07) is 12.3. The average molecular weight is 344 g/mol. The Balaban J connectivity index is 1.35.